The fraction of sp³-hybridized carbons (Fsp3) is 0.182. The molecule has 0 saturated heterocycles. The van der Waals surface area contributed by atoms with Gasteiger partial charge in [0.2, 0.25) is 0 Å². The van der Waals surface area contributed by atoms with Crippen LogP contribution in [0.3, 0.4) is 0 Å². The van der Waals surface area contributed by atoms with E-state index in [1.165, 1.54) is 0 Å². The van der Waals surface area contributed by atoms with Crippen LogP contribution in [-0.2, 0) is 11.2 Å². The van der Waals surface area contributed by atoms with Crippen molar-refractivity contribution in [3.05, 3.63) is 36.1 Å². The predicted octanol–water partition coefficient (Wildman–Crippen LogP) is 1.39. The van der Waals surface area contributed by atoms with Crippen molar-refractivity contribution in [1.82, 2.24) is 0 Å². The van der Waals surface area contributed by atoms with Crippen LogP contribution < -0.4 is 5.73 Å². The van der Waals surface area contributed by atoms with Gasteiger partial charge in [0.1, 0.15) is 11.6 Å². The van der Waals surface area contributed by atoms with E-state index in [-0.39, 0.29) is 6.42 Å². The molecule has 0 bridgehead atoms. The summed E-state index contributed by atoms with van der Waals surface area (Å²) >= 11 is 0. The monoisotopic (exact) mass is 205 g/mol. The summed E-state index contributed by atoms with van der Waals surface area (Å²) in [5.74, 6) is -1.000. The van der Waals surface area contributed by atoms with Crippen molar-refractivity contribution in [2.45, 2.75) is 12.5 Å². The largest absolute Gasteiger partial charge is 0.480 e. The summed E-state index contributed by atoms with van der Waals surface area (Å²) in [4.78, 5) is 10.6. The Balaban J connectivity index is 2.32. The Bertz CT molecular complexity index is 489. The number of hydrogen-bond acceptors (Lipinski definition) is 3. The molecule has 2 rings (SSSR count). The Morgan fingerprint density at radius 1 is 1.47 bits per heavy atom. The lowest BCUT2D eigenvalue weighted by atomic mass is 10.1. The summed E-state index contributed by atoms with van der Waals surface area (Å²) in [7, 11) is 0. The zero-order valence-electron chi connectivity index (χ0n) is 8.01. The third-order valence-corrected chi connectivity index (χ3v) is 2.32. The molecule has 1 atom stereocenters. The molecule has 4 heteroatoms. The Kier molecular flexibility index (Phi) is 2.43. The Labute approximate surface area is 86.3 Å². The standard InChI is InChI=1S/C11H11NO3/c12-9(11(13)14)5-7-6-15-10-4-2-1-3-8(7)10/h1-4,6,9H,5,12H2,(H,13,14)/t9-/m1/s1. The van der Waals surface area contributed by atoms with Crippen molar-refractivity contribution in [3.8, 4) is 0 Å². The molecular weight excluding hydrogens is 194 g/mol. The number of benzene rings is 1. The molecule has 78 valence electrons. The minimum Gasteiger partial charge on any atom is -0.480 e. The normalized spacial score (nSPS) is 12.9. The maximum Gasteiger partial charge on any atom is 0.320 e. The van der Waals surface area contributed by atoms with Gasteiger partial charge in [0.25, 0.3) is 0 Å². The predicted molar refractivity (Wildman–Crippen MR) is 55.5 cm³/mol. The van der Waals surface area contributed by atoms with Gasteiger partial charge in [-0.25, -0.2) is 0 Å². The van der Waals surface area contributed by atoms with Gasteiger partial charge < -0.3 is 15.3 Å². The summed E-state index contributed by atoms with van der Waals surface area (Å²) in [6.07, 6.45) is 1.85. The number of fused-ring (bicyclic) bond motifs is 1. The van der Waals surface area contributed by atoms with Crippen molar-refractivity contribution < 1.29 is 14.3 Å². The molecular formula is C11H11NO3. The third kappa shape index (κ3) is 1.85. The van der Waals surface area contributed by atoms with E-state index < -0.39 is 12.0 Å². The Morgan fingerprint density at radius 2 is 2.20 bits per heavy atom. The second kappa shape index (κ2) is 3.74. The van der Waals surface area contributed by atoms with Crippen LogP contribution in [0.5, 0.6) is 0 Å². The lowest BCUT2D eigenvalue weighted by Crippen LogP contribution is -2.32. The highest BCUT2D eigenvalue weighted by Crippen LogP contribution is 2.21. The van der Waals surface area contributed by atoms with Crippen LogP contribution in [0.1, 0.15) is 5.56 Å². The van der Waals surface area contributed by atoms with E-state index in [1.54, 1.807) is 6.26 Å². The summed E-state index contributed by atoms with van der Waals surface area (Å²) < 4.78 is 5.28. The van der Waals surface area contributed by atoms with Gasteiger partial charge in [-0.15, -0.1) is 0 Å². The van der Waals surface area contributed by atoms with Crippen LogP contribution in [0, 0.1) is 0 Å². The summed E-state index contributed by atoms with van der Waals surface area (Å²) in [5.41, 5.74) is 7.05. The summed E-state index contributed by atoms with van der Waals surface area (Å²) in [6.45, 7) is 0. The summed E-state index contributed by atoms with van der Waals surface area (Å²) in [5, 5.41) is 9.62. The van der Waals surface area contributed by atoms with Gasteiger partial charge >= 0.3 is 5.97 Å². The number of carboxylic acid groups (broad SMARTS) is 1. The van der Waals surface area contributed by atoms with Crippen LogP contribution in [0.15, 0.2) is 34.9 Å². The highest BCUT2D eigenvalue weighted by molar-refractivity contribution is 5.82. The van der Waals surface area contributed by atoms with Crippen molar-refractivity contribution >= 4 is 16.9 Å². The molecule has 0 radical (unpaired) electrons. The minimum atomic E-state index is -1.000. The van der Waals surface area contributed by atoms with Gasteiger partial charge in [-0.3, -0.25) is 4.79 Å². The summed E-state index contributed by atoms with van der Waals surface area (Å²) in [6, 6.07) is 6.60. The number of para-hydroxylation sites is 1. The average Bonchev–Trinajstić information content (AvgIpc) is 2.62. The van der Waals surface area contributed by atoms with Crippen LogP contribution in [-0.4, -0.2) is 17.1 Å². The Hall–Kier alpha value is -1.81. The van der Waals surface area contributed by atoms with Crippen LogP contribution in [0.25, 0.3) is 11.0 Å². The van der Waals surface area contributed by atoms with Crippen molar-refractivity contribution in [1.29, 1.82) is 0 Å². The van der Waals surface area contributed by atoms with E-state index in [0.717, 1.165) is 16.5 Å². The molecule has 1 aromatic carbocycles. The maximum atomic E-state index is 10.6. The Morgan fingerprint density at radius 3 is 2.93 bits per heavy atom. The maximum absolute atomic E-state index is 10.6. The molecule has 0 aliphatic rings. The minimum absolute atomic E-state index is 0.284. The first-order valence-electron chi connectivity index (χ1n) is 4.62. The average molecular weight is 205 g/mol. The van der Waals surface area contributed by atoms with E-state index in [9.17, 15) is 4.79 Å². The molecule has 0 unspecified atom stereocenters. The van der Waals surface area contributed by atoms with E-state index >= 15 is 0 Å². The van der Waals surface area contributed by atoms with Gasteiger partial charge in [0.05, 0.1) is 6.26 Å². The molecule has 0 fully saturated rings. The zero-order valence-corrected chi connectivity index (χ0v) is 8.01. The lowest BCUT2D eigenvalue weighted by Gasteiger charge is -2.03. The molecule has 3 N–H and O–H groups in total. The molecule has 0 saturated carbocycles. The highest BCUT2D eigenvalue weighted by atomic mass is 16.4. The molecule has 0 spiro atoms. The molecule has 0 amide bonds. The number of hydrogen-bond donors (Lipinski definition) is 2. The van der Waals surface area contributed by atoms with Gasteiger partial charge in [0, 0.05) is 17.4 Å². The number of carboxylic acids is 1. The smallest absolute Gasteiger partial charge is 0.320 e. The molecule has 2 aromatic rings. The number of carbonyl (C=O) groups is 1. The van der Waals surface area contributed by atoms with Crippen molar-refractivity contribution in [2.75, 3.05) is 0 Å². The highest BCUT2D eigenvalue weighted by Gasteiger charge is 2.15. The second-order valence-electron chi connectivity index (χ2n) is 3.41. The molecule has 1 aromatic heterocycles. The van der Waals surface area contributed by atoms with Crippen LogP contribution >= 0.6 is 0 Å². The fourth-order valence-electron chi connectivity index (χ4n) is 1.52. The molecule has 0 aliphatic heterocycles. The lowest BCUT2D eigenvalue weighted by molar-refractivity contribution is -0.138. The van der Waals surface area contributed by atoms with Gasteiger partial charge in [0.15, 0.2) is 0 Å². The van der Waals surface area contributed by atoms with Crippen molar-refractivity contribution in [3.63, 3.8) is 0 Å². The number of furan rings is 1. The first kappa shape index (κ1) is 9.73. The first-order chi connectivity index (χ1) is 7.18. The van der Waals surface area contributed by atoms with Crippen molar-refractivity contribution in [2.24, 2.45) is 5.73 Å². The topological polar surface area (TPSA) is 76.5 Å². The van der Waals surface area contributed by atoms with Gasteiger partial charge in [-0.1, -0.05) is 18.2 Å². The van der Waals surface area contributed by atoms with E-state index in [2.05, 4.69) is 0 Å². The fourth-order valence-corrected chi connectivity index (χ4v) is 1.52. The molecule has 15 heavy (non-hydrogen) atoms. The van der Waals surface area contributed by atoms with E-state index in [0.29, 0.717) is 0 Å². The first-order valence-corrected chi connectivity index (χ1v) is 4.62. The number of aliphatic carboxylic acids is 1. The van der Waals surface area contributed by atoms with E-state index in [1.807, 2.05) is 24.3 Å². The second-order valence-corrected chi connectivity index (χ2v) is 3.41. The van der Waals surface area contributed by atoms with Crippen LogP contribution in [0.2, 0.25) is 0 Å². The van der Waals surface area contributed by atoms with Crippen LogP contribution in [0.4, 0.5) is 0 Å². The SMILES string of the molecule is N[C@H](Cc1coc2ccccc12)C(=O)O. The quantitative estimate of drug-likeness (QED) is 0.793. The molecule has 4 nitrogen and oxygen atoms in total. The van der Waals surface area contributed by atoms with Gasteiger partial charge in [-0.2, -0.15) is 0 Å². The molecule has 0 aliphatic carbocycles. The zero-order chi connectivity index (χ0) is 10.8. The number of rotatable bonds is 3. The van der Waals surface area contributed by atoms with Gasteiger partial charge in [-0.05, 0) is 6.07 Å². The third-order valence-electron chi connectivity index (χ3n) is 2.32. The van der Waals surface area contributed by atoms with E-state index in [4.69, 9.17) is 15.3 Å². The number of nitrogens with two attached hydrogens (primary N) is 1. The molecule has 1 heterocycles.